The van der Waals surface area contributed by atoms with Gasteiger partial charge in [0.25, 0.3) is 0 Å². The van der Waals surface area contributed by atoms with Gasteiger partial charge in [-0.1, -0.05) is 24.3 Å². The average molecular weight is 282 g/mol. The molecule has 0 N–H and O–H groups in total. The fourth-order valence-electron chi connectivity index (χ4n) is 2.81. The Morgan fingerprint density at radius 3 is 2.81 bits per heavy atom. The summed E-state index contributed by atoms with van der Waals surface area (Å²) in [4.78, 5) is 18.0. The number of carbonyl (C=O) groups excluding carboxylic acids is 1. The second-order valence-corrected chi connectivity index (χ2v) is 5.18. The van der Waals surface area contributed by atoms with Crippen LogP contribution in [-0.4, -0.2) is 22.3 Å². The number of benzene rings is 1. The number of aromatic nitrogens is 1. The average Bonchev–Trinajstić information content (AvgIpc) is 2.98. The second kappa shape index (κ2) is 5.95. The van der Waals surface area contributed by atoms with Gasteiger partial charge in [-0.25, -0.2) is 4.98 Å². The lowest BCUT2D eigenvalue weighted by Crippen LogP contribution is -2.28. The molecule has 21 heavy (non-hydrogen) atoms. The molecule has 108 valence electrons. The van der Waals surface area contributed by atoms with Crippen molar-refractivity contribution in [3.8, 4) is 11.6 Å². The summed E-state index contributed by atoms with van der Waals surface area (Å²) in [6, 6.07) is 13.5. The van der Waals surface area contributed by atoms with Crippen molar-refractivity contribution < 1.29 is 9.53 Å². The zero-order valence-electron chi connectivity index (χ0n) is 12.0. The van der Waals surface area contributed by atoms with Crippen molar-refractivity contribution >= 4 is 5.91 Å². The molecule has 1 atom stereocenters. The highest BCUT2D eigenvalue weighted by molar-refractivity contribution is 5.74. The molecule has 1 aliphatic heterocycles. The third-order valence-corrected chi connectivity index (χ3v) is 3.77. The molecule has 1 amide bonds. The van der Waals surface area contributed by atoms with Gasteiger partial charge >= 0.3 is 0 Å². The number of ether oxygens (including phenoxy) is 1. The van der Waals surface area contributed by atoms with Gasteiger partial charge in [0.2, 0.25) is 11.8 Å². The quantitative estimate of drug-likeness (QED) is 0.864. The standard InChI is InChI=1S/C17H18N2O2/c1-13(20)19-12-6-10-16(19)15-9-5-11-18-17(15)21-14-7-3-2-4-8-14/h2-5,7-9,11,16H,6,10,12H2,1H3. The molecule has 1 fully saturated rings. The molecule has 2 heterocycles. The highest BCUT2D eigenvalue weighted by Crippen LogP contribution is 2.37. The fourth-order valence-corrected chi connectivity index (χ4v) is 2.81. The Morgan fingerprint density at radius 1 is 1.24 bits per heavy atom. The number of hydrogen-bond acceptors (Lipinski definition) is 3. The zero-order chi connectivity index (χ0) is 14.7. The van der Waals surface area contributed by atoms with Crippen LogP contribution >= 0.6 is 0 Å². The first-order valence-corrected chi connectivity index (χ1v) is 7.21. The number of para-hydroxylation sites is 1. The van der Waals surface area contributed by atoms with Crippen molar-refractivity contribution in [2.45, 2.75) is 25.8 Å². The minimum absolute atomic E-state index is 0.0647. The third kappa shape index (κ3) is 2.89. The summed E-state index contributed by atoms with van der Waals surface area (Å²) in [5.41, 5.74) is 0.981. The molecule has 1 aliphatic rings. The molecule has 2 aromatic rings. The molecule has 3 rings (SSSR count). The van der Waals surface area contributed by atoms with Crippen LogP contribution in [0, 0.1) is 0 Å². The van der Waals surface area contributed by atoms with E-state index in [1.807, 2.05) is 47.4 Å². The molecular formula is C17H18N2O2. The van der Waals surface area contributed by atoms with Crippen LogP contribution in [0.3, 0.4) is 0 Å². The number of amides is 1. The van der Waals surface area contributed by atoms with E-state index in [-0.39, 0.29) is 11.9 Å². The largest absolute Gasteiger partial charge is 0.439 e. The minimum Gasteiger partial charge on any atom is -0.439 e. The topological polar surface area (TPSA) is 42.4 Å². The Labute approximate surface area is 124 Å². The summed E-state index contributed by atoms with van der Waals surface area (Å²) >= 11 is 0. The van der Waals surface area contributed by atoms with E-state index < -0.39 is 0 Å². The normalized spacial score (nSPS) is 17.8. The Kier molecular flexibility index (Phi) is 3.86. The fraction of sp³-hybridized carbons (Fsp3) is 0.294. The predicted octanol–water partition coefficient (Wildman–Crippen LogP) is 3.56. The van der Waals surface area contributed by atoms with Crippen molar-refractivity contribution in [2.24, 2.45) is 0 Å². The van der Waals surface area contributed by atoms with E-state index in [2.05, 4.69) is 4.98 Å². The minimum atomic E-state index is 0.0647. The van der Waals surface area contributed by atoms with Gasteiger partial charge in [0.1, 0.15) is 5.75 Å². The van der Waals surface area contributed by atoms with Crippen LogP contribution in [0.15, 0.2) is 48.7 Å². The van der Waals surface area contributed by atoms with E-state index in [1.54, 1.807) is 13.1 Å². The molecule has 0 bridgehead atoms. The van der Waals surface area contributed by atoms with E-state index in [0.29, 0.717) is 5.88 Å². The summed E-state index contributed by atoms with van der Waals surface area (Å²) in [6.45, 7) is 2.42. The summed E-state index contributed by atoms with van der Waals surface area (Å²) < 4.78 is 5.90. The van der Waals surface area contributed by atoms with Crippen molar-refractivity contribution in [3.63, 3.8) is 0 Å². The maximum Gasteiger partial charge on any atom is 0.224 e. The van der Waals surface area contributed by atoms with Gasteiger partial charge in [0, 0.05) is 25.2 Å². The first kappa shape index (κ1) is 13.6. The zero-order valence-corrected chi connectivity index (χ0v) is 12.0. The Balaban J connectivity index is 1.91. The molecule has 4 nitrogen and oxygen atoms in total. The van der Waals surface area contributed by atoms with Crippen molar-refractivity contribution in [2.75, 3.05) is 6.54 Å². The molecule has 0 radical (unpaired) electrons. The number of carbonyl (C=O) groups is 1. The SMILES string of the molecule is CC(=O)N1CCCC1c1cccnc1Oc1ccccc1. The lowest BCUT2D eigenvalue weighted by atomic mass is 10.1. The van der Waals surface area contributed by atoms with Gasteiger partial charge in [-0.15, -0.1) is 0 Å². The number of rotatable bonds is 3. The lowest BCUT2D eigenvalue weighted by molar-refractivity contribution is -0.129. The number of hydrogen-bond donors (Lipinski definition) is 0. The lowest BCUT2D eigenvalue weighted by Gasteiger charge is -2.24. The Bertz CT molecular complexity index is 628. The third-order valence-electron chi connectivity index (χ3n) is 3.77. The molecule has 1 saturated heterocycles. The summed E-state index contributed by atoms with van der Waals surface area (Å²) in [5, 5.41) is 0. The highest BCUT2D eigenvalue weighted by atomic mass is 16.5. The van der Waals surface area contributed by atoms with E-state index >= 15 is 0 Å². The van der Waals surface area contributed by atoms with Crippen LogP contribution in [0.4, 0.5) is 0 Å². The molecule has 0 saturated carbocycles. The molecule has 0 aliphatic carbocycles. The van der Waals surface area contributed by atoms with Crippen molar-refractivity contribution in [3.05, 3.63) is 54.2 Å². The maximum atomic E-state index is 11.8. The first-order chi connectivity index (χ1) is 10.3. The number of nitrogens with zero attached hydrogens (tertiary/aromatic N) is 2. The Hall–Kier alpha value is -2.36. The van der Waals surface area contributed by atoms with E-state index in [9.17, 15) is 4.79 Å². The van der Waals surface area contributed by atoms with E-state index in [4.69, 9.17) is 4.74 Å². The molecule has 0 spiro atoms. The summed E-state index contributed by atoms with van der Waals surface area (Å²) in [7, 11) is 0. The second-order valence-electron chi connectivity index (χ2n) is 5.18. The Morgan fingerprint density at radius 2 is 2.05 bits per heavy atom. The molecule has 1 unspecified atom stereocenters. The van der Waals surface area contributed by atoms with Crippen LogP contribution in [0.25, 0.3) is 0 Å². The number of likely N-dealkylation sites (tertiary alicyclic amines) is 1. The predicted molar refractivity (Wildman–Crippen MR) is 80.1 cm³/mol. The van der Waals surface area contributed by atoms with Gasteiger partial charge in [0.15, 0.2) is 0 Å². The van der Waals surface area contributed by atoms with Gasteiger partial charge in [-0.3, -0.25) is 4.79 Å². The number of pyridine rings is 1. The monoisotopic (exact) mass is 282 g/mol. The van der Waals surface area contributed by atoms with E-state index in [0.717, 1.165) is 30.7 Å². The molecular weight excluding hydrogens is 264 g/mol. The van der Waals surface area contributed by atoms with Gasteiger partial charge in [-0.05, 0) is 31.0 Å². The van der Waals surface area contributed by atoms with Crippen LogP contribution < -0.4 is 4.74 Å². The van der Waals surface area contributed by atoms with Crippen LogP contribution in [0.2, 0.25) is 0 Å². The first-order valence-electron chi connectivity index (χ1n) is 7.21. The smallest absolute Gasteiger partial charge is 0.224 e. The van der Waals surface area contributed by atoms with E-state index in [1.165, 1.54) is 0 Å². The van der Waals surface area contributed by atoms with Crippen LogP contribution in [0.1, 0.15) is 31.4 Å². The maximum absolute atomic E-state index is 11.8. The highest BCUT2D eigenvalue weighted by Gasteiger charge is 2.30. The summed E-state index contributed by atoms with van der Waals surface area (Å²) in [5.74, 6) is 1.44. The van der Waals surface area contributed by atoms with Crippen LogP contribution in [-0.2, 0) is 4.79 Å². The van der Waals surface area contributed by atoms with Crippen molar-refractivity contribution in [1.82, 2.24) is 9.88 Å². The van der Waals surface area contributed by atoms with Crippen LogP contribution in [0.5, 0.6) is 11.6 Å². The van der Waals surface area contributed by atoms with Gasteiger partial charge in [-0.2, -0.15) is 0 Å². The van der Waals surface area contributed by atoms with Gasteiger partial charge < -0.3 is 9.64 Å². The molecule has 4 heteroatoms. The molecule has 1 aromatic carbocycles. The summed E-state index contributed by atoms with van der Waals surface area (Å²) in [6.07, 6.45) is 3.69. The van der Waals surface area contributed by atoms with Crippen molar-refractivity contribution in [1.29, 1.82) is 0 Å². The van der Waals surface area contributed by atoms with Gasteiger partial charge in [0.05, 0.1) is 6.04 Å². The molecule has 1 aromatic heterocycles.